The van der Waals surface area contributed by atoms with Crippen LogP contribution in [0.3, 0.4) is 0 Å². The number of allylic oxidation sites excluding steroid dienone is 1. The van der Waals surface area contributed by atoms with Gasteiger partial charge in [0.1, 0.15) is 40.8 Å². The van der Waals surface area contributed by atoms with Crippen LogP contribution in [0.5, 0.6) is 23.0 Å². The van der Waals surface area contributed by atoms with E-state index >= 15 is 0 Å². The summed E-state index contributed by atoms with van der Waals surface area (Å²) >= 11 is 0. The van der Waals surface area contributed by atoms with Crippen molar-refractivity contribution < 1.29 is 51.3 Å². The van der Waals surface area contributed by atoms with E-state index in [4.69, 9.17) is 28.7 Å². The fourth-order valence-corrected chi connectivity index (χ4v) is 9.45. The molecule has 0 unspecified atom stereocenters. The molecule has 60 heavy (non-hydrogen) atoms. The van der Waals surface area contributed by atoms with Crippen LogP contribution >= 0.6 is 0 Å². The molecule has 17 heteroatoms. The average molecular weight is 846 g/mol. The van der Waals surface area contributed by atoms with Crippen LogP contribution in [0.15, 0.2) is 54.6 Å². The first kappa shape index (κ1) is 41.2. The van der Waals surface area contributed by atoms with Gasteiger partial charge in [0.25, 0.3) is 5.91 Å². The van der Waals surface area contributed by atoms with Crippen LogP contribution in [0.25, 0.3) is 22.2 Å². The lowest BCUT2D eigenvalue weighted by Crippen LogP contribution is -2.58. The van der Waals surface area contributed by atoms with E-state index in [0.717, 1.165) is 18.4 Å². The summed E-state index contributed by atoms with van der Waals surface area (Å²) in [6, 6.07) is 10.5. The van der Waals surface area contributed by atoms with Gasteiger partial charge in [-0.2, -0.15) is 0 Å². The second-order valence-corrected chi connectivity index (χ2v) is 19.1. The topological polar surface area (TPSA) is 201 Å². The Hall–Kier alpha value is -5.58. The Bertz CT molecular complexity index is 2340. The maximum Gasteiger partial charge on any atom is 0.408 e. The predicted molar refractivity (Wildman–Crippen MR) is 219 cm³/mol. The Balaban J connectivity index is 1.13. The number of rotatable bonds is 8. The third-order valence-electron chi connectivity index (χ3n) is 11.5. The quantitative estimate of drug-likeness (QED) is 0.260. The highest BCUT2D eigenvalue weighted by Crippen LogP contribution is 2.46. The predicted octanol–water partition coefficient (Wildman–Crippen LogP) is 4.88. The van der Waals surface area contributed by atoms with Crippen LogP contribution in [0.2, 0.25) is 0 Å². The summed E-state index contributed by atoms with van der Waals surface area (Å²) in [6.07, 6.45) is 6.55. The summed E-state index contributed by atoms with van der Waals surface area (Å²) in [7, 11) is -2.36. The number of nitrogens with one attached hydrogen (secondary N) is 3. The smallest absolute Gasteiger partial charge is 0.408 e. The van der Waals surface area contributed by atoms with Gasteiger partial charge >= 0.3 is 6.09 Å². The third-order valence-corrected chi connectivity index (χ3v) is 13.3. The van der Waals surface area contributed by atoms with Crippen LogP contribution in [0.4, 0.5) is 4.79 Å². The number of sulfonamides is 1. The number of amides is 4. The fourth-order valence-electron chi connectivity index (χ4n) is 8.08. The van der Waals surface area contributed by atoms with Crippen molar-refractivity contribution in [3.63, 3.8) is 0 Å². The fraction of sp³-hybridized carbons (Fsp3) is 0.512. The molecule has 2 aromatic carbocycles. The van der Waals surface area contributed by atoms with Crippen molar-refractivity contribution in [3.8, 4) is 34.3 Å². The zero-order valence-corrected chi connectivity index (χ0v) is 35.0. The summed E-state index contributed by atoms with van der Waals surface area (Å²) in [6.45, 7) is 5.25. The molecule has 4 amide bonds. The number of carbonyl (C=O) groups excluding carboxylic acids is 4. The monoisotopic (exact) mass is 845 g/mol. The average Bonchev–Trinajstić information content (AvgIpc) is 4.08. The zero-order valence-electron chi connectivity index (χ0n) is 34.2. The highest BCUT2D eigenvalue weighted by atomic mass is 32.2. The summed E-state index contributed by atoms with van der Waals surface area (Å²) in [4.78, 5) is 62.6. The number of methoxy groups -OCH3 is 1. The van der Waals surface area contributed by atoms with Gasteiger partial charge in [-0.05, 0) is 89.6 Å². The molecule has 3 N–H and O–H groups in total. The maximum atomic E-state index is 14.7. The molecule has 0 radical (unpaired) electrons. The zero-order chi connectivity index (χ0) is 42.4. The molecule has 4 heterocycles. The standard InChI is InChI=1S/C43H51N5O11S/c1-42(2,3)59-41(52)45-31-11-9-7-5-6-8-10-26-22-43(26,40(51)47-60(53,54)29-14-15-29)46-38(49)34-20-28(23-48(34)39(31)50)58-36-21-32(25-12-17-35-37(18-25)57-24-56-35)44-33-19-27(55-4)13-16-30(33)36/h8,10,12-13,16-19,21,26,28-29,31,34H,5-7,9,11,14-15,20,22-24H2,1-4H3,(H,45,52)(H,46,49)(H,47,51)/b10-8-/t26-,28-,31+,34+,43-/m1/s1. The maximum absolute atomic E-state index is 14.7. The van der Waals surface area contributed by atoms with Crippen molar-refractivity contribution in [1.29, 1.82) is 0 Å². The minimum atomic E-state index is -3.92. The van der Waals surface area contributed by atoms with Crippen LogP contribution in [-0.4, -0.2) is 97.1 Å². The highest BCUT2D eigenvalue weighted by Gasteiger charge is 2.62. The molecule has 2 aliphatic carbocycles. The number of alkyl carbamates (subject to hydrolysis) is 1. The molecule has 320 valence electrons. The summed E-state index contributed by atoms with van der Waals surface area (Å²) in [5.41, 5.74) is -0.483. The summed E-state index contributed by atoms with van der Waals surface area (Å²) in [5, 5.41) is 5.68. The summed E-state index contributed by atoms with van der Waals surface area (Å²) in [5.74, 6) is -0.184. The molecular weight excluding hydrogens is 795 g/mol. The molecule has 1 saturated heterocycles. The van der Waals surface area contributed by atoms with Gasteiger partial charge in [-0.1, -0.05) is 25.0 Å². The van der Waals surface area contributed by atoms with E-state index in [9.17, 15) is 27.6 Å². The SMILES string of the molecule is COc1ccc2c(O[C@@H]3C[C@H]4C(=O)N[C@]5(C(=O)NS(=O)(=O)C6CC6)C[C@H]5/C=C\CCCCC[C@H](NC(=O)OC(C)(C)C)C(=O)N4C3)cc(-c3ccc4c(c3)OCO4)nc2c1. The number of hydrogen-bond donors (Lipinski definition) is 3. The van der Waals surface area contributed by atoms with E-state index in [2.05, 4.69) is 15.4 Å². The van der Waals surface area contributed by atoms with E-state index in [0.29, 0.717) is 71.7 Å². The van der Waals surface area contributed by atoms with Gasteiger partial charge in [-0.25, -0.2) is 18.2 Å². The molecule has 3 fully saturated rings. The molecule has 5 aliphatic rings. The number of pyridine rings is 1. The van der Waals surface area contributed by atoms with Crippen LogP contribution < -0.4 is 34.3 Å². The molecule has 0 spiro atoms. The van der Waals surface area contributed by atoms with Crippen LogP contribution in [0, 0.1) is 5.92 Å². The van der Waals surface area contributed by atoms with E-state index in [1.807, 2.05) is 30.4 Å². The molecule has 0 bridgehead atoms. The molecule has 5 atom stereocenters. The van der Waals surface area contributed by atoms with Crippen molar-refractivity contribution in [3.05, 3.63) is 54.6 Å². The van der Waals surface area contributed by atoms with Gasteiger partial charge in [0.15, 0.2) is 11.5 Å². The number of aromatic nitrogens is 1. The lowest BCUT2D eigenvalue weighted by Gasteiger charge is -2.30. The largest absolute Gasteiger partial charge is 0.497 e. The van der Waals surface area contributed by atoms with Crippen LogP contribution in [0.1, 0.15) is 78.6 Å². The normalized spacial score (nSPS) is 26.1. The first-order valence-corrected chi connectivity index (χ1v) is 22.1. The van der Waals surface area contributed by atoms with E-state index in [1.54, 1.807) is 52.1 Å². The van der Waals surface area contributed by atoms with Crippen molar-refractivity contribution >= 4 is 44.7 Å². The Morgan fingerprint density at radius 2 is 1.80 bits per heavy atom. The highest BCUT2D eigenvalue weighted by molar-refractivity contribution is 7.91. The molecular formula is C43H51N5O11S. The van der Waals surface area contributed by atoms with E-state index < -0.39 is 74.3 Å². The number of benzene rings is 2. The summed E-state index contributed by atoms with van der Waals surface area (Å²) < 4.78 is 57.0. The minimum Gasteiger partial charge on any atom is -0.497 e. The molecule has 3 aliphatic heterocycles. The third kappa shape index (κ3) is 8.81. The Morgan fingerprint density at radius 3 is 2.57 bits per heavy atom. The molecule has 16 nitrogen and oxygen atoms in total. The number of ether oxygens (including phenoxy) is 5. The van der Waals surface area contributed by atoms with E-state index in [1.165, 1.54) is 4.90 Å². The van der Waals surface area contributed by atoms with Crippen molar-refractivity contribution in [2.24, 2.45) is 5.92 Å². The minimum absolute atomic E-state index is 0.0225. The number of fused-ring (bicyclic) bond motifs is 4. The Labute approximate surface area is 348 Å². The van der Waals surface area contributed by atoms with Gasteiger partial charge in [0.2, 0.25) is 28.6 Å². The number of nitrogens with zero attached hydrogens (tertiary/aromatic N) is 2. The lowest BCUT2D eigenvalue weighted by molar-refractivity contribution is -0.141. The second kappa shape index (κ2) is 16.1. The first-order chi connectivity index (χ1) is 28.6. The van der Waals surface area contributed by atoms with E-state index in [-0.39, 0.29) is 26.2 Å². The lowest BCUT2D eigenvalue weighted by atomic mass is 10.0. The number of carbonyl (C=O) groups is 4. The van der Waals surface area contributed by atoms with Gasteiger partial charge in [0.05, 0.1) is 30.1 Å². The molecule has 8 rings (SSSR count). The Morgan fingerprint density at radius 1 is 1.00 bits per heavy atom. The first-order valence-electron chi connectivity index (χ1n) is 20.5. The van der Waals surface area contributed by atoms with Crippen molar-refractivity contribution in [1.82, 2.24) is 25.2 Å². The van der Waals surface area contributed by atoms with Gasteiger partial charge < -0.3 is 39.2 Å². The Kier molecular flexibility index (Phi) is 11.1. The molecule has 3 aromatic rings. The van der Waals surface area contributed by atoms with Gasteiger partial charge in [-0.3, -0.25) is 19.1 Å². The van der Waals surface area contributed by atoms with Crippen molar-refractivity contribution in [2.45, 2.75) is 113 Å². The number of hydrogen-bond acceptors (Lipinski definition) is 12. The van der Waals surface area contributed by atoms with Gasteiger partial charge in [-0.15, -0.1) is 0 Å². The molecule has 1 aromatic heterocycles. The second-order valence-electron chi connectivity index (χ2n) is 17.2. The van der Waals surface area contributed by atoms with Crippen molar-refractivity contribution in [2.75, 3.05) is 20.4 Å². The van der Waals surface area contributed by atoms with Crippen LogP contribution in [-0.2, 0) is 29.1 Å². The van der Waals surface area contributed by atoms with Gasteiger partial charge in [0, 0.05) is 35.4 Å². The molecule has 2 saturated carbocycles.